The molecule has 1 N–H and O–H groups in total. The number of rotatable bonds is 7. The van der Waals surface area contributed by atoms with Crippen LogP contribution < -0.4 is 10.1 Å². The molecule has 3 aromatic rings. The number of benzene rings is 3. The van der Waals surface area contributed by atoms with E-state index in [1.807, 2.05) is 60.7 Å². The van der Waals surface area contributed by atoms with Gasteiger partial charge in [-0.25, -0.2) is 0 Å². The first-order valence-corrected chi connectivity index (χ1v) is 9.35. The van der Waals surface area contributed by atoms with Gasteiger partial charge in [-0.3, -0.25) is 4.79 Å². The lowest BCUT2D eigenvalue weighted by molar-refractivity contribution is 0.102. The Morgan fingerprint density at radius 2 is 1.58 bits per heavy atom. The van der Waals surface area contributed by atoms with Crippen LogP contribution in [0.3, 0.4) is 0 Å². The van der Waals surface area contributed by atoms with Gasteiger partial charge in [0.1, 0.15) is 5.75 Å². The number of carbonyl (C=O) groups excluding carboxylic acids is 1. The average molecular weight is 410 g/mol. The van der Waals surface area contributed by atoms with Crippen LogP contribution in [-0.4, -0.2) is 12.5 Å². The van der Waals surface area contributed by atoms with Crippen molar-refractivity contribution in [2.24, 2.45) is 0 Å². The highest BCUT2D eigenvalue weighted by atomic mass is 79.9. The molecule has 4 heteroatoms. The van der Waals surface area contributed by atoms with Crippen molar-refractivity contribution in [1.82, 2.24) is 0 Å². The Hall–Kier alpha value is -2.59. The summed E-state index contributed by atoms with van der Waals surface area (Å²) >= 11 is 3.41. The van der Waals surface area contributed by atoms with Gasteiger partial charge < -0.3 is 10.1 Å². The van der Waals surface area contributed by atoms with Gasteiger partial charge in [0, 0.05) is 4.47 Å². The van der Waals surface area contributed by atoms with Gasteiger partial charge in [0.15, 0.2) is 0 Å². The zero-order valence-corrected chi connectivity index (χ0v) is 15.9. The molecule has 0 radical (unpaired) electrons. The van der Waals surface area contributed by atoms with Crippen molar-refractivity contribution in [3.63, 3.8) is 0 Å². The van der Waals surface area contributed by atoms with Crippen LogP contribution in [0.2, 0.25) is 0 Å². The Morgan fingerprint density at radius 3 is 2.38 bits per heavy atom. The Balaban J connectivity index is 1.59. The monoisotopic (exact) mass is 409 g/mol. The highest BCUT2D eigenvalue weighted by Gasteiger charge is 2.12. The summed E-state index contributed by atoms with van der Waals surface area (Å²) in [5.74, 6) is 0.513. The molecule has 0 aliphatic heterocycles. The second-order valence-electron chi connectivity index (χ2n) is 5.87. The van der Waals surface area contributed by atoms with E-state index < -0.39 is 0 Å². The molecule has 0 saturated heterocycles. The van der Waals surface area contributed by atoms with Crippen molar-refractivity contribution in [2.75, 3.05) is 11.9 Å². The summed E-state index contributed by atoms with van der Waals surface area (Å²) < 4.78 is 6.66. The van der Waals surface area contributed by atoms with Gasteiger partial charge in [0.05, 0.1) is 17.9 Å². The third kappa shape index (κ3) is 4.96. The predicted octanol–water partition coefficient (Wildman–Crippen LogP) is 5.71. The molecule has 3 aromatic carbocycles. The number of amides is 1. The Morgan fingerprint density at radius 1 is 0.885 bits per heavy atom. The molecular weight excluding hydrogens is 390 g/mol. The highest BCUT2D eigenvalue weighted by molar-refractivity contribution is 9.10. The van der Waals surface area contributed by atoms with Crippen molar-refractivity contribution in [2.45, 2.75) is 12.8 Å². The Labute approximate surface area is 162 Å². The zero-order valence-electron chi connectivity index (χ0n) is 14.3. The number of hydrogen-bond donors (Lipinski definition) is 1. The first-order chi connectivity index (χ1) is 12.7. The fraction of sp³-hybridized carbons (Fsp3) is 0.136. The fourth-order valence-electron chi connectivity index (χ4n) is 2.63. The summed E-state index contributed by atoms with van der Waals surface area (Å²) in [5.41, 5.74) is 2.56. The van der Waals surface area contributed by atoms with E-state index >= 15 is 0 Å². The van der Waals surface area contributed by atoms with Crippen molar-refractivity contribution >= 4 is 27.5 Å². The topological polar surface area (TPSA) is 38.3 Å². The minimum absolute atomic E-state index is 0.169. The number of halogens is 1. The van der Waals surface area contributed by atoms with Gasteiger partial charge in [-0.05, 0) is 58.6 Å². The molecule has 0 atom stereocenters. The van der Waals surface area contributed by atoms with Crippen LogP contribution in [0.1, 0.15) is 22.3 Å². The fourth-order valence-corrected chi connectivity index (χ4v) is 3.10. The third-order valence-electron chi connectivity index (χ3n) is 3.96. The number of carbonyl (C=O) groups is 1. The van der Waals surface area contributed by atoms with Gasteiger partial charge >= 0.3 is 0 Å². The molecule has 0 saturated carbocycles. The molecule has 1 amide bonds. The first-order valence-electron chi connectivity index (χ1n) is 8.55. The number of hydrogen-bond acceptors (Lipinski definition) is 2. The normalized spacial score (nSPS) is 10.3. The summed E-state index contributed by atoms with van der Waals surface area (Å²) in [7, 11) is 0. The highest BCUT2D eigenvalue weighted by Crippen LogP contribution is 2.26. The summed E-state index contributed by atoms with van der Waals surface area (Å²) in [6, 6.07) is 25.2. The molecule has 0 aliphatic carbocycles. The minimum Gasteiger partial charge on any atom is -0.491 e. The van der Waals surface area contributed by atoms with Gasteiger partial charge in [-0.2, -0.15) is 0 Å². The number of nitrogens with one attached hydrogen (secondary N) is 1. The molecule has 0 spiro atoms. The standard InChI is InChI=1S/C22H20BrNO2/c23-19-13-5-4-12-18(19)22(25)24-20-14-6-7-15-21(20)26-16-8-11-17-9-2-1-3-10-17/h1-7,9-10,12-15H,8,11,16H2,(H,24,25). The molecule has 3 rings (SSSR count). The molecule has 0 fully saturated rings. The predicted molar refractivity (Wildman–Crippen MR) is 109 cm³/mol. The van der Waals surface area contributed by atoms with Crippen molar-refractivity contribution in [1.29, 1.82) is 0 Å². The molecule has 0 heterocycles. The third-order valence-corrected chi connectivity index (χ3v) is 4.66. The van der Waals surface area contributed by atoms with Crippen LogP contribution in [0.5, 0.6) is 5.75 Å². The minimum atomic E-state index is -0.169. The van der Waals surface area contributed by atoms with Crippen molar-refractivity contribution < 1.29 is 9.53 Å². The maximum Gasteiger partial charge on any atom is 0.256 e. The van der Waals surface area contributed by atoms with E-state index in [4.69, 9.17) is 4.74 Å². The summed E-state index contributed by atoms with van der Waals surface area (Å²) in [6.45, 7) is 0.594. The van der Waals surface area contributed by atoms with Gasteiger partial charge in [-0.15, -0.1) is 0 Å². The van der Waals surface area contributed by atoms with E-state index in [0.29, 0.717) is 23.6 Å². The zero-order chi connectivity index (χ0) is 18.2. The molecule has 0 aliphatic rings. The van der Waals surface area contributed by atoms with E-state index in [-0.39, 0.29) is 5.91 Å². The lowest BCUT2D eigenvalue weighted by Crippen LogP contribution is -2.13. The van der Waals surface area contributed by atoms with Gasteiger partial charge in [-0.1, -0.05) is 54.6 Å². The first kappa shape index (κ1) is 18.2. The van der Waals surface area contributed by atoms with Gasteiger partial charge in [0.25, 0.3) is 5.91 Å². The quantitative estimate of drug-likeness (QED) is 0.507. The van der Waals surface area contributed by atoms with E-state index in [0.717, 1.165) is 17.3 Å². The summed E-state index contributed by atoms with van der Waals surface area (Å²) in [5, 5.41) is 2.93. The number of anilines is 1. The largest absolute Gasteiger partial charge is 0.491 e. The van der Waals surface area contributed by atoms with Crippen LogP contribution in [0.15, 0.2) is 83.3 Å². The van der Waals surface area contributed by atoms with Gasteiger partial charge in [0.2, 0.25) is 0 Å². The summed E-state index contributed by atoms with van der Waals surface area (Å²) in [4.78, 5) is 12.5. The molecule has 26 heavy (non-hydrogen) atoms. The molecular formula is C22H20BrNO2. The molecule has 3 nitrogen and oxygen atoms in total. The van der Waals surface area contributed by atoms with E-state index in [2.05, 4.69) is 33.4 Å². The van der Waals surface area contributed by atoms with Crippen molar-refractivity contribution in [3.8, 4) is 5.75 Å². The second kappa shape index (κ2) is 9.20. The molecule has 0 aromatic heterocycles. The molecule has 0 bridgehead atoms. The van der Waals surface area contributed by atoms with E-state index in [1.54, 1.807) is 6.07 Å². The van der Waals surface area contributed by atoms with Crippen LogP contribution in [0, 0.1) is 0 Å². The molecule has 0 unspecified atom stereocenters. The van der Waals surface area contributed by atoms with Crippen molar-refractivity contribution in [3.05, 3.63) is 94.5 Å². The van der Waals surface area contributed by atoms with E-state index in [9.17, 15) is 4.79 Å². The molecule has 132 valence electrons. The smallest absolute Gasteiger partial charge is 0.256 e. The number of aryl methyl sites for hydroxylation is 1. The maximum absolute atomic E-state index is 12.5. The van der Waals surface area contributed by atoms with Crippen LogP contribution in [0.25, 0.3) is 0 Å². The number of ether oxygens (including phenoxy) is 1. The SMILES string of the molecule is O=C(Nc1ccccc1OCCCc1ccccc1)c1ccccc1Br. The average Bonchev–Trinajstić information content (AvgIpc) is 2.67. The Bertz CT molecular complexity index is 865. The van der Waals surface area contributed by atoms with Crippen LogP contribution >= 0.6 is 15.9 Å². The lowest BCUT2D eigenvalue weighted by atomic mass is 10.1. The number of para-hydroxylation sites is 2. The van der Waals surface area contributed by atoms with Crippen LogP contribution in [0.4, 0.5) is 5.69 Å². The van der Waals surface area contributed by atoms with Crippen LogP contribution in [-0.2, 0) is 6.42 Å². The van der Waals surface area contributed by atoms with E-state index in [1.165, 1.54) is 5.56 Å². The summed E-state index contributed by atoms with van der Waals surface area (Å²) in [6.07, 6.45) is 1.88. The second-order valence-corrected chi connectivity index (χ2v) is 6.72. The maximum atomic E-state index is 12.5. The Kier molecular flexibility index (Phi) is 6.45. The lowest BCUT2D eigenvalue weighted by Gasteiger charge is -2.13.